The van der Waals surface area contributed by atoms with Gasteiger partial charge in [-0.25, -0.2) is 8.78 Å². The summed E-state index contributed by atoms with van der Waals surface area (Å²) in [6.07, 6.45) is -5.62. The third-order valence-electron chi connectivity index (χ3n) is 3.29. The molecule has 0 aromatic rings. The Balaban J connectivity index is 4.39. The van der Waals surface area contributed by atoms with Crippen molar-refractivity contribution in [3.8, 4) is 0 Å². The lowest BCUT2D eigenvalue weighted by Gasteiger charge is -2.31. The van der Waals surface area contributed by atoms with Gasteiger partial charge in [-0.15, -0.1) is 0 Å². The summed E-state index contributed by atoms with van der Waals surface area (Å²) in [5.74, 6) is -20.4. The Kier molecular flexibility index (Phi) is 9.47. The molecular formula is C15H20F8O4. The lowest BCUT2D eigenvalue weighted by molar-refractivity contribution is -0.344. The van der Waals surface area contributed by atoms with Gasteiger partial charge in [0.05, 0.1) is 6.61 Å². The molecule has 160 valence electrons. The number of carbonyl (C=O) groups excluding carboxylic acids is 2. The summed E-state index contributed by atoms with van der Waals surface area (Å²) in [6.45, 7) is 1.40. The largest absolute Gasteiger partial charge is 0.466 e. The van der Waals surface area contributed by atoms with E-state index in [2.05, 4.69) is 4.74 Å². The summed E-state index contributed by atoms with van der Waals surface area (Å²) in [4.78, 5) is 22.5. The highest BCUT2D eigenvalue weighted by Crippen LogP contribution is 2.48. The highest BCUT2D eigenvalue weighted by Gasteiger charge is 2.75. The van der Waals surface area contributed by atoms with Crippen LogP contribution in [0.15, 0.2) is 0 Å². The van der Waals surface area contributed by atoms with Gasteiger partial charge in [-0.2, -0.15) is 26.3 Å². The molecule has 0 saturated heterocycles. The molecule has 0 aliphatic heterocycles. The van der Waals surface area contributed by atoms with Crippen LogP contribution < -0.4 is 0 Å². The third kappa shape index (κ3) is 7.49. The molecule has 0 rings (SSSR count). The van der Waals surface area contributed by atoms with Gasteiger partial charge in [-0.3, -0.25) is 9.59 Å². The highest BCUT2D eigenvalue weighted by molar-refractivity contribution is 5.72. The van der Waals surface area contributed by atoms with E-state index in [4.69, 9.17) is 4.74 Å². The predicted molar refractivity (Wildman–Crippen MR) is 76.1 cm³/mol. The van der Waals surface area contributed by atoms with Crippen LogP contribution in [0.3, 0.4) is 0 Å². The van der Waals surface area contributed by atoms with Crippen LogP contribution in [0, 0.1) is 5.92 Å². The lowest BCUT2D eigenvalue weighted by atomic mass is 10.1. The molecule has 0 aromatic heterocycles. The Labute approximate surface area is 150 Å². The normalized spacial score (nSPS) is 13.2. The van der Waals surface area contributed by atoms with Crippen molar-refractivity contribution in [2.45, 2.75) is 63.7 Å². The Morgan fingerprint density at radius 1 is 0.889 bits per heavy atom. The van der Waals surface area contributed by atoms with Gasteiger partial charge in [-0.1, -0.05) is 13.8 Å². The SMILES string of the molecule is CC(C)CCOC(=O)CCCC(=O)OCC(F)(F)C(F)(F)C(F)(F)C(F)F. The van der Waals surface area contributed by atoms with Gasteiger partial charge < -0.3 is 9.47 Å². The van der Waals surface area contributed by atoms with Crippen LogP contribution in [0.4, 0.5) is 35.1 Å². The minimum absolute atomic E-state index is 0.139. The van der Waals surface area contributed by atoms with E-state index in [0.717, 1.165) is 0 Å². The number of carbonyl (C=O) groups is 2. The van der Waals surface area contributed by atoms with Crippen molar-refractivity contribution in [3.63, 3.8) is 0 Å². The molecular weight excluding hydrogens is 396 g/mol. The lowest BCUT2D eigenvalue weighted by Crippen LogP contribution is -2.59. The zero-order valence-electron chi connectivity index (χ0n) is 14.6. The van der Waals surface area contributed by atoms with Crippen LogP contribution in [0.25, 0.3) is 0 Å². The first-order valence-corrected chi connectivity index (χ1v) is 7.88. The van der Waals surface area contributed by atoms with Crippen molar-refractivity contribution in [3.05, 3.63) is 0 Å². The summed E-state index contributed by atoms with van der Waals surface area (Å²) < 4.78 is 110. The van der Waals surface area contributed by atoms with Crippen LogP contribution in [-0.4, -0.2) is 49.3 Å². The van der Waals surface area contributed by atoms with Gasteiger partial charge in [0.1, 0.15) is 0 Å². The fraction of sp³-hybridized carbons (Fsp3) is 0.867. The molecule has 0 aromatic carbocycles. The van der Waals surface area contributed by atoms with Gasteiger partial charge in [0.2, 0.25) is 0 Å². The topological polar surface area (TPSA) is 52.6 Å². The number of hydrogen-bond acceptors (Lipinski definition) is 4. The average Bonchev–Trinajstić information content (AvgIpc) is 2.52. The predicted octanol–water partition coefficient (Wildman–Crippen LogP) is 4.46. The van der Waals surface area contributed by atoms with Crippen LogP contribution >= 0.6 is 0 Å². The van der Waals surface area contributed by atoms with E-state index in [1.165, 1.54) is 0 Å². The van der Waals surface area contributed by atoms with Crippen molar-refractivity contribution in [2.75, 3.05) is 13.2 Å². The summed E-state index contributed by atoms with van der Waals surface area (Å²) in [5, 5.41) is 0. The first-order valence-electron chi connectivity index (χ1n) is 7.88. The molecule has 0 unspecified atom stereocenters. The molecule has 0 heterocycles. The molecule has 0 atom stereocenters. The Morgan fingerprint density at radius 3 is 1.81 bits per heavy atom. The Morgan fingerprint density at radius 2 is 1.37 bits per heavy atom. The van der Waals surface area contributed by atoms with Crippen LogP contribution in [-0.2, 0) is 19.1 Å². The second kappa shape index (κ2) is 10.1. The number of halogens is 8. The minimum Gasteiger partial charge on any atom is -0.466 e. The standard InChI is InChI=1S/C15H20F8O4/c1-9(2)6-7-26-10(24)4-3-5-11(25)27-8-13(18,19)15(22,23)14(20,21)12(16)17/h9,12H,3-8H2,1-2H3. The van der Waals surface area contributed by atoms with Crippen molar-refractivity contribution >= 4 is 11.9 Å². The smallest absolute Gasteiger partial charge is 0.381 e. The molecule has 4 nitrogen and oxygen atoms in total. The number of ether oxygens (including phenoxy) is 2. The number of hydrogen-bond donors (Lipinski definition) is 0. The quantitative estimate of drug-likeness (QED) is 0.348. The summed E-state index contributed by atoms with van der Waals surface area (Å²) >= 11 is 0. The maximum absolute atomic E-state index is 13.2. The highest BCUT2D eigenvalue weighted by atomic mass is 19.4. The van der Waals surface area contributed by atoms with E-state index in [0.29, 0.717) is 6.42 Å². The van der Waals surface area contributed by atoms with E-state index in [1.807, 2.05) is 13.8 Å². The maximum Gasteiger partial charge on any atom is 0.381 e. The first kappa shape index (κ1) is 25.4. The molecule has 0 N–H and O–H groups in total. The zero-order chi connectivity index (χ0) is 21.5. The van der Waals surface area contributed by atoms with Crippen molar-refractivity contribution in [1.29, 1.82) is 0 Å². The van der Waals surface area contributed by atoms with E-state index >= 15 is 0 Å². The second-order valence-corrected chi connectivity index (χ2v) is 6.12. The van der Waals surface area contributed by atoms with Gasteiger partial charge in [-0.05, 0) is 18.8 Å². The van der Waals surface area contributed by atoms with Crippen molar-refractivity contribution in [2.24, 2.45) is 5.92 Å². The molecule has 0 spiro atoms. The van der Waals surface area contributed by atoms with Crippen LogP contribution in [0.5, 0.6) is 0 Å². The molecule has 0 radical (unpaired) electrons. The van der Waals surface area contributed by atoms with E-state index in [9.17, 15) is 44.7 Å². The van der Waals surface area contributed by atoms with Crippen molar-refractivity contribution in [1.82, 2.24) is 0 Å². The number of alkyl halides is 8. The van der Waals surface area contributed by atoms with Gasteiger partial charge >= 0.3 is 36.1 Å². The van der Waals surface area contributed by atoms with Crippen molar-refractivity contribution < 1.29 is 54.2 Å². The molecule has 0 amide bonds. The molecule has 0 saturated carbocycles. The first-order chi connectivity index (χ1) is 12.1. The molecule has 27 heavy (non-hydrogen) atoms. The van der Waals surface area contributed by atoms with Gasteiger partial charge in [0, 0.05) is 12.8 Å². The molecule has 0 fully saturated rings. The minimum atomic E-state index is -6.44. The summed E-state index contributed by atoms with van der Waals surface area (Å²) in [5.41, 5.74) is 0. The fourth-order valence-electron chi connectivity index (χ4n) is 1.57. The maximum atomic E-state index is 13.2. The van der Waals surface area contributed by atoms with E-state index in [1.54, 1.807) is 0 Å². The average molecular weight is 416 g/mol. The third-order valence-corrected chi connectivity index (χ3v) is 3.29. The van der Waals surface area contributed by atoms with E-state index in [-0.39, 0.29) is 25.4 Å². The van der Waals surface area contributed by atoms with Crippen LogP contribution in [0.1, 0.15) is 39.5 Å². The zero-order valence-corrected chi connectivity index (χ0v) is 14.6. The molecule has 0 bridgehead atoms. The van der Waals surface area contributed by atoms with Crippen LogP contribution in [0.2, 0.25) is 0 Å². The summed E-state index contributed by atoms with van der Waals surface area (Å²) in [6, 6.07) is 0. The molecule has 0 aliphatic carbocycles. The molecule has 0 aliphatic rings. The van der Waals surface area contributed by atoms with E-state index < -0.39 is 49.2 Å². The second-order valence-electron chi connectivity index (χ2n) is 6.12. The molecule has 12 heteroatoms. The fourth-order valence-corrected chi connectivity index (χ4v) is 1.57. The Bertz CT molecular complexity index is 494. The summed E-state index contributed by atoms with van der Waals surface area (Å²) in [7, 11) is 0. The monoisotopic (exact) mass is 416 g/mol. The van der Waals surface area contributed by atoms with Gasteiger partial charge in [0.25, 0.3) is 0 Å². The Hall–Kier alpha value is -1.62. The van der Waals surface area contributed by atoms with Gasteiger partial charge in [0.15, 0.2) is 6.61 Å². The number of esters is 2. The number of rotatable bonds is 12.